The number of rotatable bonds is 9. The highest BCUT2D eigenvalue weighted by Crippen LogP contribution is 2.31. The molecule has 0 saturated carbocycles. The van der Waals surface area contributed by atoms with E-state index in [1.807, 2.05) is 30.3 Å². The number of nitrogens with one attached hydrogen (secondary N) is 2. The number of hydrogen-bond acceptors (Lipinski definition) is 3. The predicted octanol–water partition coefficient (Wildman–Crippen LogP) is 4.00. The van der Waals surface area contributed by atoms with Crippen molar-refractivity contribution in [3.63, 3.8) is 0 Å². The van der Waals surface area contributed by atoms with Crippen molar-refractivity contribution in [2.45, 2.75) is 52.0 Å². The molecule has 2 amide bonds. The molecule has 1 atom stereocenters. The van der Waals surface area contributed by atoms with Crippen LogP contribution in [0.2, 0.25) is 0 Å². The maximum atomic E-state index is 14.6. The highest BCUT2D eigenvalue weighted by molar-refractivity contribution is 5.92. The Bertz CT molecular complexity index is 936. The van der Waals surface area contributed by atoms with Crippen LogP contribution in [0.15, 0.2) is 54.6 Å². The Kier molecular flexibility index (Phi) is 8.25. The van der Waals surface area contributed by atoms with Crippen LogP contribution in [0.25, 0.3) is 0 Å². The van der Waals surface area contributed by atoms with Gasteiger partial charge in [-0.2, -0.15) is 8.78 Å². The third kappa shape index (κ3) is 6.70. The molecule has 5 nitrogen and oxygen atoms in total. The first-order chi connectivity index (χ1) is 14.9. The van der Waals surface area contributed by atoms with E-state index in [1.54, 1.807) is 32.9 Å². The third-order valence-electron chi connectivity index (χ3n) is 5.18. The van der Waals surface area contributed by atoms with E-state index < -0.39 is 53.4 Å². The van der Waals surface area contributed by atoms with Crippen LogP contribution in [-0.4, -0.2) is 30.7 Å². The van der Waals surface area contributed by atoms with E-state index in [-0.39, 0.29) is 0 Å². The molecule has 0 spiro atoms. The molecule has 172 valence electrons. The second-order valence-corrected chi connectivity index (χ2v) is 8.84. The maximum absolute atomic E-state index is 14.6. The zero-order valence-electron chi connectivity index (χ0n) is 18.9. The van der Waals surface area contributed by atoms with Crippen LogP contribution in [0.4, 0.5) is 8.78 Å². The number of Topliss-reactive ketones (excluding diaryl/α,β-unsaturated/α-hetero) is 1. The zero-order chi connectivity index (χ0) is 23.9. The minimum Gasteiger partial charge on any atom is -0.357 e. The van der Waals surface area contributed by atoms with E-state index in [1.165, 1.54) is 19.2 Å². The third-order valence-corrected chi connectivity index (χ3v) is 5.18. The van der Waals surface area contributed by atoms with Crippen molar-refractivity contribution in [2.24, 2.45) is 5.41 Å². The van der Waals surface area contributed by atoms with Gasteiger partial charge in [0.05, 0.1) is 0 Å². The molecule has 0 radical (unpaired) electrons. The molecule has 2 rings (SSSR count). The highest BCUT2D eigenvalue weighted by atomic mass is 19.3. The van der Waals surface area contributed by atoms with E-state index in [2.05, 4.69) is 10.6 Å². The molecule has 0 fully saturated rings. The standard InChI is InChI=1S/C25H30F2N2O3/c1-24(2,3)22(23(32)28-4)29-21(31)15-14-20(30)25(26,27)19-12-10-18(11-13-19)16-17-8-6-5-7-9-17/h5-13,22H,14-16H2,1-4H3,(H,28,32)(H,29,31)/t22-/m1/s1. The van der Waals surface area contributed by atoms with Crippen molar-refractivity contribution in [3.05, 3.63) is 71.3 Å². The zero-order valence-corrected chi connectivity index (χ0v) is 18.9. The summed E-state index contributed by atoms with van der Waals surface area (Å²) in [6.45, 7) is 5.32. The first kappa shape index (κ1) is 25.2. The first-order valence-electron chi connectivity index (χ1n) is 10.5. The number of carbonyl (C=O) groups is 3. The minimum atomic E-state index is -3.70. The number of alkyl halides is 2. The Balaban J connectivity index is 1.98. The molecule has 2 N–H and O–H groups in total. The lowest BCUT2D eigenvalue weighted by molar-refractivity contribution is -0.145. The van der Waals surface area contributed by atoms with Crippen LogP contribution >= 0.6 is 0 Å². The Morgan fingerprint density at radius 1 is 0.875 bits per heavy atom. The van der Waals surface area contributed by atoms with Gasteiger partial charge >= 0.3 is 5.92 Å². The molecule has 0 bridgehead atoms. The maximum Gasteiger partial charge on any atom is 0.330 e. The summed E-state index contributed by atoms with van der Waals surface area (Å²) in [5.74, 6) is -6.06. The fourth-order valence-electron chi connectivity index (χ4n) is 3.26. The fraction of sp³-hybridized carbons (Fsp3) is 0.400. The Morgan fingerprint density at radius 2 is 1.44 bits per heavy atom. The molecule has 0 aliphatic heterocycles. The van der Waals surface area contributed by atoms with Gasteiger partial charge in [-0.3, -0.25) is 14.4 Å². The molecule has 0 saturated heterocycles. The molecule has 0 aliphatic rings. The Morgan fingerprint density at radius 3 is 1.97 bits per heavy atom. The van der Waals surface area contributed by atoms with Crippen molar-refractivity contribution >= 4 is 17.6 Å². The van der Waals surface area contributed by atoms with Gasteiger partial charge in [-0.15, -0.1) is 0 Å². The molecule has 7 heteroatoms. The number of carbonyl (C=O) groups excluding carboxylic acids is 3. The van der Waals surface area contributed by atoms with Gasteiger partial charge in [0.15, 0.2) is 0 Å². The second kappa shape index (κ2) is 10.5. The Labute approximate surface area is 187 Å². The van der Waals surface area contributed by atoms with E-state index >= 15 is 0 Å². The number of hydrogen-bond donors (Lipinski definition) is 2. The van der Waals surface area contributed by atoms with Crippen molar-refractivity contribution in [1.29, 1.82) is 0 Å². The molecule has 0 unspecified atom stereocenters. The average Bonchev–Trinajstić information content (AvgIpc) is 2.75. The molecule has 0 heterocycles. The van der Waals surface area contributed by atoms with Gasteiger partial charge in [-0.1, -0.05) is 75.4 Å². The van der Waals surface area contributed by atoms with Crippen LogP contribution in [0.5, 0.6) is 0 Å². The van der Waals surface area contributed by atoms with Crippen molar-refractivity contribution in [1.82, 2.24) is 10.6 Å². The average molecular weight is 445 g/mol. The number of ketones is 1. The van der Waals surface area contributed by atoms with Gasteiger partial charge in [0.2, 0.25) is 17.6 Å². The monoisotopic (exact) mass is 444 g/mol. The fourth-order valence-corrected chi connectivity index (χ4v) is 3.26. The summed E-state index contributed by atoms with van der Waals surface area (Å²) >= 11 is 0. The summed E-state index contributed by atoms with van der Waals surface area (Å²) in [5.41, 5.74) is 0.924. The smallest absolute Gasteiger partial charge is 0.330 e. The number of amides is 2. The Hall–Kier alpha value is -3.09. The molecule has 0 aliphatic carbocycles. The van der Waals surface area contributed by atoms with Gasteiger partial charge in [-0.25, -0.2) is 0 Å². The van der Waals surface area contributed by atoms with E-state index in [0.29, 0.717) is 6.42 Å². The molecule has 2 aromatic rings. The van der Waals surface area contributed by atoms with Gasteiger partial charge in [0.25, 0.3) is 0 Å². The molecule has 0 aromatic heterocycles. The van der Waals surface area contributed by atoms with Gasteiger partial charge < -0.3 is 10.6 Å². The predicted molar refractivity (Wildman–Crippen MR) is 119 cm³/mol. The molecular weight excluding hydrogens is 414 g/mol. The van der Waals surface area contributed by atoms with E-state index in [9.17, 15) is 23.2 Å². The quantitative estimate of drug-likeness (QED) is 0.614. The molecule has 2 aromatic carbocycles. The lowest BCUT2D eigenvalue weighted by atomic mass is 9.86. The summed E-state index contributed by atoms with van der Waals surface area (Å²) in [4.78, 5) is 36.4. The van der Waals surface area contributed by atoms with Crippen molar-refractivity contribution in [2.75, 3.05) is 7.05 Å². The van der Waals surface area contributed by atoms with Crippen LogP contribution in [0, 0.1) is 5.41 Å². The summed E-state index contributed by atoms with van der Waals surface area (Å²) in [7, 11) is 1.45. The topological polar surface area (TPSA) is 75.3 Å². The SMILES string of the molecule is CNC(=O)[C@@H](NC(=O)CCC(=O)C(F)(F)c1ccc(Cc2ccccc2)cc1)C(C)(C)C. The molecule has 32 heavy (non-hydrogen) atoms. The number of benzene rings is 2. The summed E-state index contributed by atoms with van der Waals surface area (Å²) in [5, 5.41) is 5.00. The molecular formula is C25H30F2N2O3. The summed E-state index contributed by atoms with van der Waals surface area (Å²) in [6.07, 6.45) is -0.458. The first-order valence-corrected chi connectivity index (χ1v) is 10.5. The van der Waals surface area contributed by atoms with E-state index in [4.69, 9.17) is 0 Å². The van der Waals surface area contributed by atoms with Crippen LogP contribution in [0.3, 0.4) is 0 Å². The summed E-state index contributed by atoms with van der Waals surface area (Å²) in [6, 6.07) is 14.4. The van der Waals surface area contributed by atoms with Gasteiger partial charge in [0, 0.05) is 25.5 Å². The van der Waals surface area contributed by atoms with Crippen molar-refractivity contribution < 1.29 is 23.2 Å². The number of halogens is 2. The van der Waals surface area contributed by atoms with Gasteiger partial charge in [-0.05, 0) is 23.0 Å². The number of likely N-dealkylation sites (N-methyl/N-ethyl adjacent to an activating group) is 1. The van der Waals surface area contributed by atoms with Crippen LogP contribution in [-0.2, 0) is 26.7 Å². The summed E-state index contributed by atoms with van der Waals surface area (Å²) < 4.78 is 29.3. The van der Waals surface area contributed by atoms with Crippen molar-refractivity contribution in [3.8, 4) is 0 Å². The lowest BCUT2D eigenvalue weighted by Gasteiger charge is -2.29. The highest BCUT2D eigenvalue weighted by Gasteiger charge is 2.40. The largest absolute Gasteiger partial charge is 0.357 e. The van der Waals surface area contributed by atoms with Crippen LogP contribution in [0.1, 0.15) is 50.3 Å². The lowest BCUT2D eigenvalue weighted by Crippen LogP contribution is -2.52. The van der Waals surface area contributed by atoms with Crippen LogP contribution < -0.4 is 10.6 Å². The minimum absolute atomic E-state index is 0.391. The van der Waals surface area contributed by atoms with Gasteiger partial charge in [0.1, 0.15) is 6.04 Å². The van der Waals surface area contributed by atoms with E-state index in [0.717, 1.165) is 11.1 Å². The normalized spacial score (nSPS) is 12.7. The second-order valence-electron chi connectivity index (χ2n) is 8.84.